The minimum atomic E-state index is -0.00963. The molecule has 0 aromatic rings. The molecule has 1 aliphatic heterocycles. The van der Waals surface area contributed by atoms with Crippen LogP contribution < -0.4 is 22.5 Å². The number of aliphatic hydroxyl groups excluding tert-OH is 3. The Hall–Kier alpha value is -1.43. The van der Waals surface area contributed by atoms with Crippen LogP contribution in [-0.4, -0.2) is 78.8 Å². The van der Waals surface area contributed by atoms with Crippen molar-refractivity contribution in [3.63, 3.8) is 0 Å². The van der Waals surface area contributed by atoms with Gasteiger partial charge in [0.25, 0.3) is 0 Å². The van der Waals surface area contributed by atoms with Crippen molar-refractivity contribution in [2.45, 2.75) is 33.1 Å². The number of carbonyl (C=O) groups excluding carboxylic acids is 3. The lowest BCUT2D eigenvalue weighted by Gasteiger charge is -2.08. The second-order valence-corrected chi connectivity index (χ2v) is 4.41. The number of aliphatic hydroxyl groups is 3. The van der Waals surface area contributed by atoms with E-state index in [1.54, 1.807) is 0 Å². The summed E-state index contributed by atoms with van der Waals surface area (Å²) >= 11 is 0. The molecule has 0 aromatic heterocycles. The van der Waals surface area contributed by atoms with Crippen LogP contribution in [0.5, 0.6) is 0 Å². The van der Waals surface area contributed by atoms with E-state index >= 15 is 0 Å². The summed E-state index contributed by atoms with van der Waals surface area (Å²) < 4.78 is 0. The van der Waals surface area contributed by atoms with Crippen molar-refractivity contribution >= 4 is 17.5 Å². The molecule has 25 heavy (non-hydrogen) atoms. The highest BCUT2D eigenvalue weighted by molar-refractivity contribution is 5.92. The maximum atomic E-state index is 10.4. The van der Waals surface area contributed by atoms with E-state index in [1.165, 1.54) is 0 Å². The lowest BCUT2D eigenvalue weighted by molar-refractivity contribution is -0.129. The second kappa shape index (κ2) is 27.4. The first-order valence-electron chi connectivity index (χ1n) is 7.66. The minimum absolute atomic E-state index is 0. The van der Waals surface area contributed by atoms with Gasteiger partial charge in [0, 0.05) is 39.0 Å². The lowest BCUT2D eigenvalue weighted by atomic mass is 10.1. The van der Waals surface area contributed by atoms with Crippen molar-refractivity contribution in [2.24, 2.45) is 17.2 Å². The zero-order valence-corrected chi connectivity index (χ0v) is 14.1. The van der Waals surface area contributed by atoms with Gasteiger partial charge >= 0.3 is 0 Å². The van der Waals surface area contributed by atoms with Crippen LogP contribution in [0, 0.1) is 0 Å². The number of hydrogen-bond acceptors (Lipinski definition) is 9. The number of nitrogens with two attached hydrogens (primary N) is 3. The molecule has 0 atom stereocenters. The number of ketones is 2. The molecule has 0 spiro atoms. The van der Waals surface area contributed by atoms with Gasteiger partial charge in [-0.05, 0) is 6.42 Å². The van der Waals surface area contributed by atoms with Gasteiger partial charge < -0.3 is 37.8 Å². The minimum Gasteiger partial charge on any atom is -0.396 e. The first kappa shape index (κ1) is 31.4. The fourth-order valence-corrected chi connectivity index (χ4v) is 1.01. The molecule has 0 radical (unpaired) electrons. The van der Waals surface area contributed by atoms with Crippen LogP contribution in [0.25, 0.3) is 0 Å². The van der Waals surface area contributed by atoms with Gasteiger partial charge in [0.15, 0.2) is 5.78 Å². The van der Waals surface area contributed by atoms with Crippen LogP contribution in [0.4, 0.5) is 0 Å². The smallest absolute Gasteiger partial charge is 0.220 e. The number of carbonyl (C=O) groups is 3. The van der Waals surface area contributed by atoms with Crippen LogP contribution in [0.2, 0.25) is 0 Å². The van der Waals surface area contributed by atoms with E-state index in [0.29, 0.717) is 38.8 Å². The van der Waals surface area contributed by atoms with Crippen molar-refractivity contribution in [2.75, 3.05) is 46.0 Å². The third kappa shape index (κ3) is 34.8. The normalized spacial score (nSPS) is 11.9. The van der Waals surface area contributed by atoms with Crippen LogP contribution in [0.15, 0.2) is 0 Å². The summed E-state index contributed by atoms with van der Waals surface area (Å²) in [4.78, 5) is 31.1. The summed E-state index contributed by atoms with van der Waals surface area (Å²) in [6, 6.07) is 0. The summed E-state index contributed by atoms with van der Waals surface area (Å²) in [5.74, 6) is 0.133. The van der Waals surface area contributed by atoms with E-state index in [0.717, 1.165) is 0 Å². The maximum absolute atomic E-state index is 10.4. The molecule has 0 saturated carbocycles. The quantitative estimate of drug-likeness (QED) is 0.259. The van der Waals surface area contributed by atoms with Gasteiger partial charge in [0.05, 0.1) is 26.3 Å². The van der Waals surface area contributed by atoms with Gasteiger partial charge in [0.2, 0.25) is 5.91 Å². The van der Waals surface area contributed by atoms with Gasteiger partial charge in [0.1, 0.15) is 5.78 Å². The van der Waals surface area contributed by atoms with E-state index in [9.17, 15) is 14.4 Å². The molecule has 1 heterocycles. The SMILES string of the molecule is C.NCC(=O)CCCO.NCCO.NCCO.O=C1CCC(=O)NC1. The molecule has 1 fully saturated rings. The van der Waals surface area contributed by atoms with Crippen molar-refractivity contribution in [1.82, 2.24) is 5.32 Å². The molecule has 0 aliphatic carbocycles. The maximum Gasteiger partial charge on any atom is 0.220 e. The predicted molar refractivity (Wildman–Crippen MR) is 96.6 cm³/mol. The fourth-order valence-electron chi connectivity index (χ4n) is 1.01. The van der Waals surface area contributed by atoms with E-state index in [-0.39, 0.29) is 57.8 Å². The molecular weight excluding hydrogens is 332 g/mol. The number of hydrogen-bond donors (Lipinski definition) is 7. The third-order valence-electron chi connectivity index (χ3n) is 2.21. The van der Waals surface area contributed by atoms with Gasteiger partial charge in [-0.15, -0.1) is 0 Å². The monoisotopic (exact) mass is 368 g/mol. The molecule has 10 N–H and O–H groups in total. The van der Waals surface area contributed by atoms with Crippen LogP contribution in [-0.2, 0) is 14.4 Å². The molecular formula is C15H36N4O6. The Bertz CT molecular complexity index is 280. The molecule has 10 nitrogen and oxygen atoms in total. The fraction of sp³-hybridized carbons (Fsp3) is 0.800. The number of amides is 1. The third-order valence-corrected chi connectivity index (χ3v) is 2.21. The Morgan fingerprint density at radius 2 is 1.44 bits per heavy atom. The summed E-state index contributed by atoms with van der Waals surface area (Å²) in [7, 11) is 0. The highest BCUT2D eigenvalue weighted by Gasteiger charge is 2.12. The van der Waals surface area contributed by atoms with Crippen LogP contribution >= 0.6 is 0 Å². The predicted octanol–water partition coefficient (Wildman–Crippen LogP) is -2.74. The van der Waals surface area contributed by atoms with Gasteiger partial charge in [-0.3, -0.25) is 14.4 Å². The zero-order valence-electron chi connectivity index (χ0n) is 14.1. The van der Waals surface area contributed by atoms with Crippen LogP contribution in [0.3, 0.4) is 0 Å². The number of rotatable bonds is 6. The van der Waals surface area contributed by atoms with Crippen LogP contribution in [0.1, 0.15) is 33.1 Å². The van der Waals surface area contributed by atoms with Crippen molar-refractivity contribution < 1.29 is 29.7 Å². The molecule has 152 valence electrons. The summed E-state index contributed by atoms with van der Waals surface area (Å²) in [5.41, 5.74) is 14.5. The van der Waals surface area contributed by atoms with E-state index in [2.05, 4.69) is 5.32 Å². The standard InChI is InChI=1S/C5H7NO2.C5H11NO2.2C2H7NO.CH4/c7-4-1-2-5(8)6-3-4;6-4-5(8)2-1-3-7;2*3-1-2-4;/h1-3H2,(H,6,8);7H,1-4,6H2;2*4H,1-3H2;1H4. The molecule has 0 aromatic carbocycles. The number of Topliss-reactive ketones (excluding diaryl/α,β-unsaturated/α-hetero) is 2. The van der Waals surface area contributed by atoms with Crippen molar-refractivity contribution in [1.29, 1.82) is 0 Å². The largest absolute Gasteiger partial charge is 0.396 e. The Balaban J connectivity index is -0.000000123. The molecule has 10 heteroatoms. The average Bonchev–Trinajstić information content (AvgIpc) is 2.63. The Kier molecular flexibility index (Phi) is 34.4. The van der Waals surface area contributed by atoms with Gasteiger partial charge in [-0.25, -0.2) is 0 Å². The highest BCUT2D eigenvalue weighted by atomic mass is 16.3. The molecule has 1 saturated heterocycles. The molecule has 0 unspecified atom stereocenters. The van der Waals surface area contributed by atoms with E-state index < -0.39 is 0 Å². The Morgan fingerprint density at radius 1 is 0.960 bits per heavy atom. The second-order valence-electron chi connectivity index (χ2n) is 4.41. The lowest BCUT2D eigenvalue weighted by Crippen LogP contribution is -2.34. The molecule has 1 aliphatic rings. The summed E-state index contributed by atoms with van der Waals surface area (Å²) in [5, 5.41) is 26.2. The molecule has 1 rings (SSSR count). The topological polar surface area (TPSA) is 202 Å². The summed E-state index contributed by atoms with van der Waals surface area (Å²) in [6.07, 6.45) is 1.74. The zero-order chi connectivity index (χ0) is 19.2. The van der Waals surface area contributed by atoms with E-state index in [1.807, 2.05) is 0 Å². The Morgan fingerprint density at radius 3 is 1.68 bits per heavy atom. The van der Waals surface area contributed by atoms with E-state index in [4.69, 9.17) is 32.5 Å². The molecule has 1 amide bonds. The van der Waals surface area contributed by atoms with Crippen molar-refractivity contribution in [3.8, 4) is 0 Å². The molecule has 0 bridgehead atoms. The van der Waals surface area contributed by atoms with Crippen molar-refractivity contribution in [3.05, 3.63) is 0 Å². The average molecular weight is 368 g/mol. The Labute approximate surface area is 149 Å². The van der Waals surface area contributed by atoms with Gasteiger partial charge in [-0.1, -0.05) is 7.43 Å². The highest BCUT2D eigenvalue weighted by Crippen LogP contribution is 1.95. The van der Waals surface area contributed by atoms with Gasteiger partial charge in [-0.2, -0.15) is 0 Å². The first-order chi connectivity index (χ1) is 11.4. The number of nitrogens with one attached hydrogen (secondary N) is 1. The first-order valence-corrected chi connectivity index (χ1v) is 7.66. The summed E-state index contributed by atoms with van der Waals surface area (Å²) in [6.45, 7) is 1.35. The number of piperidine rings is 1.